The largest absolute Gasteiger partial charge is 0.489 e. The molecule has 30 heavy (non-hydrogen) atoms. The molecule has 3 aromatic rings. The zero-order chi connectivity index (χ0) is 21.4. The second-order valence-corrected chi connectivity index (χ2v) is 8.23. The molecule has 0 radical (unpaired) electrons. The third kappa shape index (κ3) is 5.71. The summed E-state index contributed by atoms with van der Waals surface area (Å²) in [5.74, 6) is 0.843. The molecule has 3 aromatic carbocycles. The molecule has 0 spiro atoms. The molecule has 0 aromatic heterocycles. The van der Waals surface area contributed by atoms with Crippen molar-refractivity contribution in [3.8, 4) is 5.75 Å². The quantitative estimate of drug-likeness (QED) is 0.500. The number of hydrogen-bond donors (Lipinski definition) is 1. The van der Waals surface area contributed by atoms with E-state index < -0.39 is 5.60 Å². The van der Waals surface area contributed by atoms with Gasteiger partial charge in [0.25, 0.3) is 0 Å². The highest BCUT2D eigenvalue weighted by Gasteiger charge is 2.37. The van der Waals surface area contributed by atoms with Gasteiger partial charge in [-0.3, -0.25) is 0 Å². The van der Waals surface area contributed by atoms with E-state index in [2.05, 4.69) is 62.3 Å². The third-order valence-electron chi connectivity index (χ3n) is 5.71. The third-order valence-corrected chi connectivity index (χ3v) is 5.71. The zero-order valence-corrected chi connectivity index (χ0v) is 18.3. The van der Waals surface area contributed by atoms with Crippen molar-refractivity contribution in [1.29, 1.82) is 0 Å². The molecule has 158 valence electrons. The lowest BCUT2D eigenvalue weighted by atomic mass is 9.76. The van der Waals surface area contributed by atoms with Crippen LogP contribution in [0.25, 0.3) is 0 Å². The van der Waals surface area contributed by atoms with Gasteiger partial charge in [0.1, 0.15) is 12.4 Å². The smallest absolute Gasteiger partial charge is 0.120 e. The lowest BCUT2D eigenvalue weighted by molar-refractivity contribution is -0.0367. The van der Waals surface area contributed by atoms with Crippen LogP contribution in [0.5, 0.6) is 5.75 Å². The van der Waals surface area contributed by atoms with E-state index in [0.29, 0.717) is 13.0 Å². The maximum absolute atomic E-state index is 11.9. The van der Waals surface area contributed by atoms with Gasteiger partial charge in [-0.2, -0.15) is 0 Å². The van der Waals surface area contributed by atoms with Crippen molar-refractivity contribution in [2.75, 3.05) is 20.6 Å². The molecule has 3 nitrogen and oxygen atoms in total. The molecule has 0 saturated heterocycles. The molecule has 0 unspecified atom stereocenters. The Morgan fingerprint density at radius 2 is 1.50 bits per heavy atom. The van der Waals surface area contributed by atoms with Crippen molar-refractivity contribution >= 4 is 0 Å². The van der Waals surface area contributed by atoms with Crippen LogP contribution in [-0.2, 0) is 18.6 Å². The molecule has 3 heteroatoms. The molecule has 0 bridgehead atoms. The highest BCUT2D eigenvalue weighted by molar-refractivity contribution is 5.34. The summed E-state index contributed by atoms with van der Waals surface area (Å²) in [5.41, 5.74) is 2.35. The van der Waals surface area contributed by atoms with Gasteiger partial charge in [-0.15, -0.1) is 0 Å². The average molecular weight is 404 g/mol. The fourth-order valence-corrected chi connectivity index (χ4v) is 4.05. The van der Waals surface area contributed by atoms with E-state index in [1.165, 1.54) is 5.56 Å². The van der Waals surface area contributed by atoms with Crippen molar-refractivity contribution in [1.82, 2.24) is 4.90 Å². The van der Waals surface area contributed by atoms with Crippen molar-refractivity contribution in [2.45, 2.75) is 32.0 Å². The first-order chi connectivity index (χ1) is 14.5. The second kappa shape index (κ2) is 10.4. The highest BCUT2D eigenvalue weighted by Crippen LogP contribution is 2.37. The normalized spacial score (nSPS) is 14.3. The lowest BCUT2D eigenvalue weighted by Crippen LogP contribution is -2.41. The maximum atomic E-state index is 11.9. The fraction of sp³-hybridized carbons (Fsp3) is 0.333. The molecule has 0 aliphatic carbocycles. The Balaban J connectivity index is 1.84. The van der Waals surface area contributed by atoms with Gasteiger partial charge in [0, 0.05) is 12.5 Å². The molecule has 0 saturated carbocycles. The summed E-state index contributed by atoms with van der Waals surface area (Å²) in [6, 6.07) is 28.5. The van der Waals surface area contributed by atoms with Crippen LogP contribution in [0.4, 0.5) is 0 Å². The minimum absolute atomic E-state index is 0.0595. The summed E-state index contributed by atoms with van der Waals surface area (Å²) >= 11 is 0. The molecule has 0 aliphatic heterocycles. The Kier molecular flexibility index (Phi) is 7.67. The number of rotatable bonds is 10. The van der Waals surface area contributed by atoms with Gasteiger partial charge in [-0.05, 0) is 55.8 Å². The van der Waals surface area contributed by atoms with Crippen LogP contribution in [0.15, 0.2) is 84.9 Å². The van der Waals surface area contributed by atoms with Crippen LogP contribution < -0.4 is 4.74 Å². The molecule has 0 amide bonds. The first-order valence-corrected chi connectivity index (χ1v) is 10.7. The molecular formula is C27H33NO2. The van der Waals surface area contributed by atoms with Crippen LogP contribution in [0.1, 0.15) is 30.0 Å². The monoisotopic (exact) mass is 403 g/mol. The molecular weight excluding hydrogens is 370 g/mol. The van der Waals surface area contributed by atoms with Crippen LogP contribution in [0.3, 0.4) is 0 Å². The topological polar surface area (TPSA) is 32.7 Å². The van der Waals surface area contributed by atoms with E-state index in [1.807, 2.05) is 48.5 Å². The minimum atomic E-state index is -0.938. The van der Waals surface area contributed by atoms with E-state index in [9.17, 15) is 5.11 Å². The molecule has 0 heterocycles. The van der Waals surface area contributed by atoms with E-state index in [0.717, 1.165) is 29.8 Å². The summed E-state index contributed by atoms with van der Waals surface area (Å²) in [4.78, 5) is 2.16. The van der Waals surface area contributed by atoms with Gasteiger partial charge < -0.3 is 14.7 Å². The lowest BCUT2D eigenvalue weighted by Gasteiger charge is -2.38. The molecule has 2 atom stereocenters. The maximum Gasteiger partial charge on any atom is 0.120 e. The zero-order valence-electron chi connectivity index (χ0n) is 18.3. The standard InChI is InChI=1S/C27H33NO2/c1-4-27(29,25(20-28(2)3)18-22-12-7-5-8-13-22)24-16-11-17-26(19-24)30-21-23-14-9-6-10-15-23/h5-17,19,25,29H,4,18,20-21H2,1-3H3/t25-,27+/m0/s1. The molecule has 0 aliphatic rings. The Hall–Kier alpha value is -2.62. The average Bonchev–Trinajstić information content (AvgIpc) is 2.78. The predicted octanol–water partition coefficient (Wildman–Crippen LogP) is 5.28. The van der Waals surface area contributed by atoms with Gasteiger partial charge in [-0.25, -0.2) is 0 Å². The first-order valence-electron chi connectivity index (χ1n) is 10.7. The summed E-state index contributed by atoms with van der Waals surface area (Å²) in [5, 5.41) is 11.9. The summed E-state index contributed by atoms with van der Waals surface area (Å²) in [7, 11) is 4.13. The predicted molar refractivity (Wildman–Crippen MR) is 124 cm³/mol. The van der Waals surface area contributed by atoms with Gasteiger partial charge in [0.15, 0.2) is 0 Å². The van der Waals surface area contributed by atoms with E-state index in [1.54, 1.807) is 0 Å². The van der Waals surface area contributed by atoms with Crippen LogP contribution in [0, 0.1) is 5.92 Å². The van der Waals surface area contributed by atoms with Gasteiger partial charge in [0.2, 0.25) is 0 Å². The van der Waals surface area contributed by atoms with E-state index in [4.69, 9.17) is 4.74 Å². The van der Waals surface area contributed by atoms with E-state index >= 15 is 0 Å². The van der Waals surface area contributed by atoms with Gasteiger partial charge in [-0.1, -0.05) is 79.7 Å². The first kappa shape index (κ1) is 22.1. The van der Waals surface area contributed by atoms with Crippen molar-refractivity contribution in [3.63, 3.8) is 0 Å². The number of nitrogens with zero attached hydrogens (tertiary/aromatic N) is 1. The van der Waals surface area contributed by atoms with Crippen LogP contribution in [-0.4, -0.2) is 30.6 Å². The number of ether oxygens (including phenoxy) is 1. The molecule has 0 fully saturated rings. The summed E-state index contributed by atoms with van der Waals surface area (Å²) in [6.07, 6.45) is 1.46. The minimum Gasteiger partial charge on any atom is -0.489 e. The Bertz CT molecular complexity index is 895. The molecule has 1 N–H and O–H groups in total. The number of hydrogen-bond acceptors (Lipinski definition) is 3. The van der Waals surface area contributed by atoms with Gasteiger partial charge in [0.05, 0.1) is 5.60 Å². The molecule has 3 rings (SSSR count). The number of benzene rings is 3. The second-order valence-electron chi connectivity index (χ2n) is 8.23. The van der Waals surface area contributed by atoms with Crippen LogP contribution >= 0.6 is 0 Å². The Labute approximate surface area is 180 Å². The Morgan fingerprint density at radius 3 is 2.10 bits per heavy atom. The summed E-state index contributed by atoms with van der Waals surface area (Å²) < 4.78 is 6.03. The Morgan fingerprint density at radius 1 is 0.867 bits per heavy atom. The van der Waals surface area contributed by atoms with E-state index in [-0.39, 0.29) is 5.92 Å². The number of aliphatic hydroxyl groups is 1. The SMILES string of the molecule is CC[C@@](O)(c1cccc(OCc2ccccc2)c1)[C@@H](Cc1ccccc1)CN(C)C. The van der Waals surface area contributed by atoms with Crippen molar-refractivity contribution in [2.24, 2.45) is 5.92 Å². The van der Waals surface area contributed by atoms with Crippen molar-refractivity contribution < 1.29 is 9.84 Å². The van der Waals surface area contributed by atoms with Crippen LogP contribution in [0.2, 0.25) is 0 Å². The fourth-order valence-electron chi connectivity index (χ4n) is 4.05. The summed E-state index contributed by atoms with van der Waals surface area (Å²) in [6.45, 7) is 3.37. The van der Waals surface area contributed by atoms with Gasteiger partial charge >= 0.3 is 0 Å². The highest BCUT2D eigenvalue weighted by atomic mass is 16.5. The van der Waals surface area contributed by atoms with Crippen molar-refractivity contribution in [3.05, 3.63) is 102 Å².